The molecule has 0 N–H and O–H groups in total. The van der Waals surface area contributed by atoms with Crippen LogP contribution in [0.5, 0.6) is 0 Å². The maximum atomic E-state index is 4.68. The van der Waals surface area contributed by atoms with E-state index in [2.05, 4.69) is 46.5 Å². The molecular formula is C16H15N3. The van der Waals surface area contributed by atoms with E-state index >= 15 is 0 Å². The summed E-state index contributed by atoms with van der Waals surface area (Å²) < 4.78 is 1.88. The van der Waals surface area contributed by atoms with Gasteiger partial charge in [-0.2, -0.15) is 5.10 Å². The molecule has 94 valence electrons. The summed E-state index contributed by atoms with van der Waals surface area (Å²) in [5.41, 5.74) is 3.42. The highest BCUT2D eigenvalue weighted by molar-refractivity contribution is 5.22. The molecule has 0 aliphatic carbocycles. The third-order valence-electron chi connectivity index (χ3n) is 2.98. The largest absolute Gasteiger partial charge is 0.267 e. The quantitative estimate of drug-likeness (QED) is 0.711. The van der Waals surface area contributed by atoms with Crippen LogP contribution in [0.4, 0.5) is 0 Å². The highest BCUT2D eigenvalue weighted by Gasteiger charge is 2.00. The van der Waals surface area contributed by atoms with Crippen LogP contribution in [0.15, 0.2) is 67.0 Å². The number of pyridine rings is 1. The Kier molecular flexibility index (Phi) is 3.36. The summed E-state index contributed by atoms with van der Waals surface area (Å²) in [6.07, 6.45) is 4.60. The molecule has 0 unspecified atom stereocenters. The lowest BCUT2D eigenvalue weighted by atomic mass is 10.1. The molecule has 0 spiro atoms. The number of hydrogen-bond donors (Lipinski definition) is 0. The minimum atomic E-state index is 0.718. The number of aromatic nitrogens is 3. The van der Waals surface area contributed by atoms with Crippen LogP contribution in [0.25, 0.3) is 0 Å². The molecule has 0 atom stereocenters. The molecule has 0 saturated carbocycles. The lowest BCUT2D eigenvalue weighted by Crippen LogP contribution is -2.03. The van der Waals surface area contributed by atoms with Gasteiger partial charge in [-0.05, 0) is 23.8 Å². The molecule has 0 saturated heterocycles. The minimum absolute atomic E-state index is 0.718. The molecule has 3 heteroatoms. The number of nitrogens with zero attached hydrogens (tertiary/aromatic N) is 3. The monoisotopic (exact) mass is 249 g/mol. The van der Waals surface area contributed by atoms with Crippen LogP contribution < -0.4 is 0 Å². The van der Waals surface area contributed by atoms with Crippen LogP contribution >= 0.6 is 0 Å². The lowest BCUT2D eigenvalue weighted by molar-refractivity contribution is 0.670. The van der Waals surface area contributed by atoms with E-state index in [-0.39, 0.29) is 0 Å². The Hall–Kier alpha value is -2.42. The normalized spacial score (nSPS) is 10.5. The second-order valence-electron chi connectivity index (χ2n) is 4.49. The van der Waals surface area contributed by atoms with Gasteiger partial charge in [-0.25, -0.2) is 0 Å². The van der Waals surface area contributed by atoms with Crippen LogP contribution in [0, 0.1) is 0 Å². The second kappa shape index (κ2) is 5.48. The maximum Gasteiger partial charge on any atom is 0.0831 e. The second-order valence-corrected chi connectivity index (χ2v) is 4.49. The van der Waals surface area contributed by atoms with Crippen molar-refractivity contribution in [3.05, 3.63) is 83.9 Å². The van der Waals surface area contributed by atoms with Crippen molar-refractivity contribution in [3.8, 4) is 0 Å². The summed E-state index contributed by atoms with van der Waals surface area (Å²) in [5.74, 6) is 0. The van der Waals surface area contributed by atoms with Gasteiger partial charge >= 0.3 is 0 Å². The van der Waals surface area contributed by atoms with Crippen LogP contribution in [-0.4, -0.2) is 14.8 Å². The van der Waals surface area contributed by atoms with Gasteiger partial charge in [0.2, 0.25) is 0 Å². The first kappa shape index (κ1) is 11.7. The van der Waals surface area contributed by atoms with Gasteiger partial charge in [-0.15, -0.1) is 0 Å². The molecule has 0 fully saturated rings. The minimum Gasteiger partial charge on any atom is -0.267 e. The van der Waals surface area contributed by atoms with Crippen molar-refractivity contribution in [3.63, 3.8) is 0 Å². The summed E-state index contributed by atoms with van der Waals surface area (Å²) in [5, 5.41) is 4.20. The highest BCUT2D eigenvalue weighted by Crippen LogP contribution is 2.08. The Labute approximate surface area is 112 Å². The summed E-state index contributed by atoms with van der Waals surface area (Å²) in [4.78, 5) is 4.68. The van der Waals surface area contributed by atoms with Gasteiger partial charge in [-0.3, -0.25) is 9.67 Å². The number of hydrogen-bond acceptors (Lipinski definition) is 2. The average Bonchev–Trinajstić information content (AvgIpc) is 2.93. The van der Waals surface area contributed by atoms with E-state index in [1.165, 1.54) is 5.56 Å². The van der Waals surface area contributed by atoms with Crippen molar-refractivity contribution in [2.75, 3.05) is 0 Å². The fourth-order valence-electron chi connectivity index (χ4n) is 2.08. The van der Waals surface area contributed by atoms with E-state index in [9.17, 15) is 0 Å². The van der Waals surface area contributed by atoms with Crippen molar-refractivity contribution in [1.29, 1.82) is 0 Å². The third-order valence-corrected chi connectivity index (χ3v) is 2.98. The van der Waals surface area contributed by atoms with Gasteiger partial charge in [0.1, 0.15) is 0 Å². The predicted molar refractivity (Wildman–Crippen MR) is 74.8 cm³/mol. The van der Waals surface area contributed by atoms with Crippen LogP contribution in [0.1, 0.15) is 17.0 Å². The first-order valence-corrected chi connectivity index (χ1v) is 6.36. The molecule has 3 rings (SSSR count). The zero-order chi connectivity index (χ0) is 12.9. The topological polar surface area (TPSA) is 30.7 Å². The number of rotatable bonds is 4. The van der Waals surface area contributed by atoms with Crippen molar-refractivity contribution < 1.29 is 0 Å². The van der Waals surface area contributed by atoms with E-state index in [1.54, 1.807) is 6.20 Å². The van der Waals surface area contributed by atoms with Gasteiger partial charge < -0.3 is 0 Å². The Morgan fingerprint density at radius 3 is 2.47 bits per heavy atom. The van der Waals surface area contributed by atoms with E-state index in [0.717, 1.165) is 24.4 Å². The van der Waals surface area contributed by atoms with Crippen molar-refractivity contribution in [1.82, 2.24) is 14.8 Å². The van der Waals surface area contributed by atoms with E-state index in [4.69, 9.17) is 0 Å². The molecule has 2 aromatic heterocycles. The summed E-state index contributed by atoms with van der Waals surface area (Å²) >= 11 is 0. The molecule has 0 aliphatic rings. The van der Waals surface area contributed by atoms with Gasteiger partial charge in [0.05, 0.1) is 12.2 Å². The maximum absolute atomic E-state index is 4.68. The molecular weight excluding hydrogens is 234 g/mol. The van der Waals surface area contributed by atoms with E-state index in [1.807, 2.05) is 29.1 Å². The standard InChI is InChI=1S/C16H15N3/c1-2-6-14(7-3-1)12-15-8-4-9-16(18-15)13-19-11-5-10-17-19/h1-11H,12-13H2. The Morgan fingerprint density at radius 2 is 1.68 bits per heavy atom. The fourth-order valence-corrected chi connectivity index (χ4v) is 2.08. The van der Waals surface area contributed by atoms with Crippen LogP contribution in [-0.2, 0) is 13.0 Å². The Balaban J connectivity index is 1.76. The SMILES string of the molecule is c1ccc(Cc2cccc(Cn3cccn3)n2)cc1. The van der Waals surface area contributed by atoms with Crippen molar-refractivity contribution in [2.45, 2.75) is 13.0 Å². The Morgan fingerprint density at radius 1 is 0.842 bits per heavy atom. The lowest BCUT2D eigenvalue weighted by Gasteiger charge is -2.05. The molecule has 0 radical (unpaired) electrons. The van der Waals surface area contributed by atoms with Crippen molar-refractivity contribution in [2.24, 2.45) is 0 Å². The smallest absolute Gasteiger partial charge is 0.0831 e. The molecule has 1 aromatic carbocycles. The van der Waals surface area contributed by atoms with Gasteiger partial charge in [0.25, 0.3) is 0 Å². The van der Waals surface area contributed by atoms with Gasteiger partial charge in [0.15, 0.2) is 0 Å². The average molecular weight is 249 g/mol. The molecule has 0 amide bonds. The summed E-state index contributed by atoms with van der Waals surface area (Å²) in [7, 11) is 0. The first-order valence-electron chi connectivity index (χ1n) is 6.36. The van der Waals surface area contributed by atoms with E-state index in [0.29, 0.717) is 0 Å². The van der Waals surface area contributed by atoms with Gasteiger partial charge in [0, 0.05) is 24.5 Å². The van der Waals surface area contributed by atoms with Gasteiger partial charge in [-0.1, -0.05) is 36.4 Å². The number of benzene rings is 1. The zero-order valence-electron chi connectivity index (χ0n) is 10.6. The molecule has 19 heavy (non-hydrogen) atoms. The summed E-state index contributed by atoms with van der Waals surface area (Å²) in [6, 6.07) is 18.5. The molecule has 2 heterocycles. The first-order chi connectivity index (χ1) is 9.40. The molecule has 3 aromatic rings. The zero-order valence-corrected chi connectivity index (χ0v) is 10.6. The summed E-state index contributed by atoms with van der Waals surface area (Å²) in [6.45, 7) is 0.718. The molecule has 0 bridgehead atoms. The van der Waals surface area contributed by atoms with Crippen LogP contribution in [0.2, 0.25) is 0 Å². The fraction of sp³-hybridized carbons (Fsp3) is 0.125. The molecule has 3 nitrogen and oxygen atoms in total. The third kappa shape index (κ3) is 3.07. The van der Waals surface area contributed by atoms with E-state index < -0.39 is 0 Å². The predicted octanol–water partition coefficient (Wildman–Crippen LogP) is 2.92. The molecule has 0 aliphatic heterocycles. The van der Waals surface area contributed by atoms with Crippen molar-refractivity contribution >= 4 is 0 Å². The highest BCUT2D eigenvalue weighted by atomic mass is 15.3. The Bertz CT molecular complexity index is 630. The van der Waals surface area contributed by atoms with Crippen LogP contribution in [0.3, 0.4) is 0 Å².